The van der Waals surface area contributed by atoms with Crippen molar-refractivity contribution in [1.29, 1.82) is 0 Å². The van der Waals surface area contributed by atoms with Gasteiger partial charge < -0.3 is 14.5 Å². The molecule has 150 valence electrons. The van der Waals surface area contributed by atoms with Gasteiger partial charge in [-0.15, -0.1) is 0 Å². The van der Waals surface area contributed by atoms with Crippen LogP contribution in [-0.2, 0) is 6.61 Å². The first kappa shape index (κ1) is 19.9. The molecule has 0 atom stereocenters. The van der Waals surface area contributed by atoms with E-state index in [1.54, 1.807) is 5.32 Å². The summed E-state index contributed by atoms with van der Waals surface area (Å²) >= 11 is 0. The van der Waals surface area contributed by atoms with Crippen LogP contribution in [0.2, 0.25) is 0 Å². The number of nitro groups is 1. The molecule has 3 rings (SSSR count). The first-order valence-electron chi connectivity index (χ1n) is 7.87. The fraction of sp³-hybridized carbons (Fsp3) is 0.0556. The van der Waals surface area contributed by atoms with Gasteiger partial charge in [0.2, 0.25) is 0 Å². The summed E-state index contributed by atoms with van der Waals surface area (Å²) in [5, 5.41) is 12.6. The summed E-state index contributed by atoms with van der Waals surface area (Å²) in [6.07, 6.45) is 0. The Labute approximate surface area is 159 Å². The van der Waals surface area contributed by atoms with Gasteiger partial charge in [-0.2, -0.15) is 0 Å². The molecule has 0 aliphatic heterocycles. The number of nitrogens with zero attached hydrogens (tertiary/aromatic N) is 1. The minimum absolute atomic E-state index is 0.00539. The molecule has 1 heterocycles. The van der Waals surface area contributed by atoms with Crippen LogP contribution in [0.3, 0.4) is 0 Å². The largest absolute Gasteiger partial charge is 0.479 e. The molecule has 0 radical (unpaired) electrons. The van der Waals surface area contributed by atoms with Crippen molar-refractivity contribution in [3.05, 3.63) is 87.4 Å². The number of ether oxygens (including phenoxy) is 1. The Morgan fingerprint density at radius 1 is 1.07 bits per heavy atom. The Morgan fingerprint density at radius 2 is 1.72 bits per heavy atom. The first-order valence-corrected chi connectivity index (χ1v) is 7.87. The molecule has 0 bridgehead atoms. The third-order valence-electron chi connectivity index (χ3n) is 3.67. The number of nitro benzene ring substituents is 1. The summed E-state index contributed by atoms with van der Waals surface area (Å²) in [7, 11) is 0. The fourth-order valence-corrected chi connectivity index (χ4v) is 2.31. The highest BCUT2D eigenvalue weighted by Crippen LogP contribution is 2.27. The molecule has 2 aromatic carbocycles. The third-order valence-corrected chi connectivity index (χ3v) is 3.67. The maximum atomic E-state index is 13.6. The van der Waals surface area contributed by atoms with Crippen LogP contribution in [0.1, 0.15) is 16.3 Å². The third kappa shape index (κ3) is 4.18. The van der Waals surface area contributed by atoms with Crippen molar-refractivity contribution in [2.75, 3.05) is 5.32 Å². The van der Waals surface area contributed by atoms with E-state index in [0.717, 1.165) is 6.07 Å². The van der Waals surface area contributed by atoms with Crippen LogP contribution in [0.15, 0.2) is 46.9 Å². The van der Waals surface area contributed by atoms with Gasteiger partial charge in [-0.3, -0.25) is 14.9 Å². The van der Waals surface area contributed by atoms with Crippen molar-refractivity contribution in [3.8, 4) is 5.75 Å². The molecule has 11 heteroatoms. The standard InChI is InChI=1S/C18H10F4N2O5/c19-10-7-11(20)16(22)17(15(10)21)23-18(25)14-6-5-9(29-14)8-28-13-4-2-1-3-12(13)24(26)27/h1-7H,8H2,(H,23,25). The number of para-hydroxylation sites is 2. The zero-order valence-corrected chi connectivity index (χ0v) is 14.2. The molecule has 3 aromatic rings. The van der Waals surface area contributed by atoms with Crippen LogP contribution in [0.5, 0.6) is 5.75 Å². The van der Waals surface area contributed by atoms with E-state index in [4.69, 9.17) is 9.15 Å². The van der Waals surface area contributed by atoms with Crippen molar-refractivity contribution in [3.63, 3.8) is 0 Å². The quantitative estimate of drug-likeness (QED) is 0.278. The molecule has 7 nitrogen and oxygen atoms in total. The number of carbonyl (C=O) groups is 1. The molecule has 0 saturated heterocycles. The van der Waals surface area contributed by atoms with Gasteiger partial charge in [-0.05, 0) is 18.2 Å². The van der Waals surface area contributed by atoms with Crippen LogP contribution in [0.4, 0.5) is 28.9 Å². The number of hydrogen-bond donors (Lipinski definition) is 1. The molecule has 0 aliphatic carbocycles. The Balaban J connectivity index is 1.73. The molecule has 29 heavy (non-hydrogen) atoms. The predicted octanol–water partition coefficient (Wildman–Crippen LogP) is 4.58. The van der Waals surface area contributed by atoms with Gasteiger partial charge in [0.25, 0.3) is 5.91 Å². The normalized spacial score (nSPS) is 10.6. The lowest BCUT2D eigenvalue weighted by Crippen LogP contribution is -2.15. The van der Waals surface area contributed by atoms with Crippen LogP contribution in [0, 0.1) is 33.4 Å². The number of benzene rings is 2. The second kappa shape index (κ2) is 8.00. The maximum Gasteiger partial charge on any atom is 0.310 e. The monoisotopic (exact) mass is 410 g/mol. The molecular formula is C18H10F4N2O5. The minimum atomic E-state index is -1.77. The summed E-state index contributed by atoms with van der Waals surface area (Å²) < 4.78 is 64.1. The molecule has 0 spiro atoms. The molecule has 0 unspecified atom stereocenters. The highest BCUT2D eigenvalue weighted by molar-refractivity contribution is 6.02. The molecule has 1 amide bonds. The maximum absolute atomic E-state index is 13.6. The number of halogens is 4. The molecule has 0 aliphatic rings. The van der Waals surface area contributed by atoms with Crippen molar-refractivity contribution in [2.45, 2.75) is 6.61 Å². The van der Waals surface area contributed by atoms with Crippen LogP contribution in [-0.4, -0.2) is 10.8 Å². The first-order chi connectivity index (χ1) is 13.8. The summed E-state index contributed by atoms with van der Waals surface area (Å²) in [5.41, 5.74) is -1.59. The summed E-state index contributed by atoms with van der Waals surface area (Å²) in [6, 6.07) is 7.97. The number of rotatable bonds is 6. The van der Waals surface area contributed by atoms with Gasteiger partial charge >= 0.3 is 5.69 Å². The Kier molecular flexibility index (Phi) is 5.48. The van der Waals surface area contributed by atoms with E-state index in [9.17, 15) is 32.5 Å². The lowest BCUT2D eigenvalue weighted by atomic mass is 10.2. The Bertz CT molecular complexity index is 1070. The molecule has 0 saturated carbocycles. The smallest absolute Gasteiger partial charge is 0.310 e. The Hall–Kier alpha value is -3.89. The van der Waals surface area contributed by atoms with Crippen molar-refractivity contribution in [1.82, 2.24) is 0 Å². The average Bonchev–Trinajstić information content (AvgIpc) is 3.17. The van der Waals surface area contributed by atoms with Gasteiger partial charge in [-0.1, -0.05) is 12.1 Å². The zero-order valence-electron chi connectivity index (χ0n) is 14.2. The minimum Gasteiger partial charge on any atom is -0.479 e. The molecule has 0 fully saturated rings. The van der Waals surface area contributed by atoms with E-state index < -0.39 is 45.5 Å². The SMILES string of the molecule is O=C(Nc1c(F)c(F)cc(F)c1F)c1ccc(COc2ccccc2[N+](=O)[O-])o1. The van der Waals surface area contributed by atoms with E-state index in [-0.39, 0.29) is 29.9 Å². The lowest BCUT2D eigenvalue weighted by Gasteiger charge is -2.08. The molecule has 1 N–H and O–H groups in total. The zero-order chi connectivity index (χ0) is 21.1. The molecular weight excluding hydrogens is 400 g/mol. The van der Waals surface area contributed by atoms with Gasteiger partial charge in [-0.25, -0.2) is 17.6 Å². The lowest BCUT2D eigenvalue weighted by molar-refractivity contribution is -0.386. The number of furan rings is 1. The number of anilines is 1. The van der Waals surface area contributed by atoms with Crippen molar-refractivity contribution >= 4 is 17.3 Å². The van der Waals surface area contributed by atoms with E-state index in [1.807, 2.05) is 0 Å². The molecule has 1 aromatic heterocycles. The summed E-state index contributed by atoms with van der Waals surface area (Å²) in [4.78, 5) is 22.4. The van der Waals surface area contributed by atoms with Gasteiger partial charge in [0.15, 0.2) is 34.8 Å². The fourth-order valence-electron chi connectivity index (χ4n) is 2.31. The van der Waals surface area contributed by atoms with E-state index in [1.165, 1.54) is 30.3 Å². The number of nitrogens with one attached hydrogen (secondary N) is 1. The van der Waals surface area contributed by atoms with Crippen molar-refractivity contribution in [2.24, 2.45) is 0 Å². The van der Waals surface area contributed by atoms with Crippen LogP contribution >= 0.6 is 0 Å². The Morgan fingerprint density at radius 3 is 2.38 bits per heavy atom. The van der Waals surface area contributed by atoms with Crippen molar-refractivity contribution < 1.29 is 36.4 Å². The van der Waals surface area contributed by atoms with Crippen LogP contribution in [0.25, 0.3) is 0 Å². The van der Waals surface area contributed by atoms with E-state index in [0.29, 0.717) is 0 Å². The highest BCUT2D eigenvalue weighted by Gasteiger charge is 2.23. The number of carbonyl (C=O) groups excluding carboxylic acids is 1. The van der Waals surface area contributed by atoms with E-state index >= 15 is 0 Å². The van der Waals surface area contributed by atoms with Gasteiger partial charge in [0.05, 0.1) is 4.92 Å². The topological polar surface area (TPSA) is 94.6 Å². The number of hydrogen-bond acceptors (Lipinski definition) is 5. The predicted molar refractivity (Wildman–Crippen MR) is 90.4 cm³/mol. The van der Waals surface area contributed by atoms with Gasteiger partial charge in [0.1, 0.15) is 18.1 Å². The summed E-state index contributed by atoms with van der Waals surface area (Å²) in [5.74, 6) is -8.51. The second-order valence-corrected chi connectivity index (χ2v) is 5.58. The average molecular weight is 410 g/mol. The second-order valence-electron chi connectivity index (χ2n) is 5.58. The summed E-state index contributed by atoms with van der Waals surface area (Å²) in [6.45, 7) is -0.296. The van der Waals surface area contributed by atoms with E-state index in [2.05, 4.69) is 0 Å². The highest BCUT2D eigenvalue weighted by atomic mass is 19.2. The number of amides is 1. The van der Waals surface area contributed by atoms with Gasteiger partial charge in [0, 0.05) is 12.1 Å². The van der Waals surface area contributed by atoms with Crippen LogP contribution < -0.4 is 10.1 Å².